The van der Waals surface area contributed by atoms with Crippen LogP contribution in [0.1, 0.15) is 26.7 Å². The summed E-state index contributed by atoms with van der Waals surface area (Å²) in [5.41, 5.74) is 0. The number of esters is 1. The fourth-order valence-electron chi connectivity index (χ4n) is 1.88. The van der Waals surface area contributed by atoms with E-state index in [-0.39, 0.29) is 5.97 Å². The number of thioether (sulfide) groups is 1. The number of furan rings is 1. The van der Waals surface area contributed by atoms with E-state index < -0.39 is 0 Å². The third kappa shape index (κ3) is 4.10. The molecule has 21 heavy (non-hydrogen) atoms. The maximum atomic E-state index is 11.3. The van der Waals surface area contributed by atoms with E-state index in [1.165, 1.54) is 0 Å². The van der Waals surface area contributed by atoms with Crippen molar-refractivity contribution in [1.82, 2.24) is 14.8 Å². The van der Waals surface area contributed by atoms with Gasteiger partial charge in [-0.05, 0) is 32.4 Å². The van der Waals surface area contributed by atoms with Crippen LogP contribution >= 0.6 is 11.8 Å². The van der Waals surface area contributed by atoms with Gasteiger partial charge in [0.15, 0.2) is 16.7 Å². The second kappa shape index (κ2) is 7.87. The van der Waals surface area contributed by atoms with Crippen LogP contribution in [0.5, 0.6) is 0 Å². The topological polar surface area (TPSA) is 70.2 Å². The van der Waals surface area contributed by atoms with Crippen molar-refractivity contribution >= 4 is 17.7 Å². The number of ether oxygens (including phenoxy) is 1. The Morgan fingerprint density at radius 1 is 1.43 bits per heavy atom. The fraction of sp³-hybridized carbons (Fsp3) is 0.500. The molecule has 7 heteroatoms. The molecule has 2 rings (SSSR count). The van der Waals surface area contributed by atoms with Crippen LogP contribution < -0.4 is 0 Å². The van der Waals surface area contributed by atoms with Gasteiger partial charge in [-0.1, -0.05) is 11.8 Å². The summed E-state index contributed by atoms with van der Waals surface area (Å²) in [5, 5.41) is 9.22. The van der Waals surface area contributed by atoms with Crippen molar-refractivity contribution in [1.29, 1.82) is 0 Å². The molecule has 2 aromatic heterocycles. The largest absolute Gasteiger partial charge is 0.466 e. The van der Waals surface area contributed by atoms with E-state index in [9.17, 15) is 4.79 Å². The summed E-state index contributed by atoms with van der Waals surface area (Å²) in [5.74, 6) is 2.10. The molecule has 0 aliphatic heterocycles. The van der Waals surface area contributed by atoms with E-state index in [4.69, 9.17) is 9.15 Å². The van der Waals surface area contributed by atoms with E-state index in [0.717, 1.165) is 29.7 Å². The number of rotatable bonds is 8. The molecule has 0 N–H and O–H groups in total. The van der Waals surface area contributed by atoms with Gasteiger partial charge >= 0.3 is 5.97 Å². The summed E-state index contributed by atoms with van der Waals surface area (Å²) in [6, 6.07) is 3.70. The summed E-state index contributed by atoms with van der Waals surface area (Å²) in [6.07, 6.45) is 2.82. The maximum absolute atomic E-state index is 11.3. The number of carbonyl (C=O) groups is 1. The Labute approximate surface area is 127 Å². The van der Waals surface area contributed by atoms with Crippen molar-refractivity contribution < 1.29 is 13.9 Å². The van der Waals surface area contributed by atoms with Gasteiger partial charge in [-0.3, -0.25) is 9.36 Å². The Balaban J connectivity index is 1.91. The molecule has 0 saturated carbocycles. The van der Waals surface area contributed by atoms with Crippen LogP contribution in [0.15, 0.2) is 28.0 Å². The van der Waals surface area contributed by atoms with E-state index in [1.807, 2.05) is 30.5 Å². The Bertz CT molecular complexity index is 566. The summed E-state index contributed by atoms with van der Waals surface area (Å²) < 4.78 is 12.3. The first kappa shape index (κ1) is 15.6. The average Bonchev–Trinajstić information content (AvgIpc) is 3.12. The smallest absolute Gasteiger partial charge is 0.305 e. The van der Waals surface area contributed by atoms with Gasteiger partial charge < -0.3 is 9.15 Å². The molecule has 0 spiro atoms. The Hall–Kier alpha value is -1.76. The lowest BCUT2D eigenvalue weighted by Gasteiger charge is -2.05. The van der Waals surface area contributed by atoms with Crippen molar-refractivity contribution in [3.63, 3.8) is 0 Å². The molecular formula is C14H19N3O3S. The van der Waals surface area contributed by atoms with Crippen molar-refractivity contribution in [3.05, 3.63) is 18.4 Å². The molecule has 0 saturated heterocycles. The third-order valence-corrected chi connectivity index (χ3v) is 3.89. The van der Waals surface area contributed by atoms with E-state index in [2.05, 4.69) is 10.2 Å². The average molecular weight is 309 g/mol. The molecule has 0 aromatic carbocycles. The molecule has 0 bridgehead atoms. The first-order valence-corrected chi connectivity index (χ1v) is 8.00. The van der Waals surface area contributed by atoms with Gasteiger partial charge in [0.2, 0.25) is 0 Å². The van der Waals surface area contributed by atoms with Crippen LogP contribution in [0.4, 0.5) is 0 Å². The van der Waals surface area contributed by atoms with Crippen molar-refractivity contribution in [2.75, 3.05) is 12.4 Å². The standard InChI is InChI=1S/C14H19N3O3S/c1-3-17-13(11-7-5-9-20-11)15-16-14(17)21-10-6-8-12(18)19-4-2/h5,7,9H,3-4,6,8,10H2,1-2H3. The molecule has 0 unspecified atom stereocenters. The van der Waals surface area contributed by atoms with Crippen LogP contribution in [0.2, 0.25) is 0 Å². The predicted molar refractivity (Wildman–Crippen MR) is 80.0 cm³/mol. The van der Waals surface area contributed by atoms with Gasteiger partial charge in [-0.15, -0.1) is 10.2 Å². The van der Waals surface area contributed by atoms with Gasteiger partial charge in [0, 0.05) is 18.7 Å². The van der Waals surface area contributed by atoms with Gasteiger partial charge in [0.1, 0.15) is 0 Å². The lowest BCUT2D eigenvalue weighted by Crippen LogP contribution is -2.04. The lowest BCUT2D eigenvalue weighted by molar-refractivity contribution is -0.143. The van der Waals surface area contributed by atoms with Gasteiger partial charge in [-0.2, -0.15) is 0 Å². The molecule has 2 heterocycles. The zero-order valence-electron chi connectivity index (χ0n) is 12.2. The van der Waals surface area contributed by atoms with Crippen LogP contribution in [0.25, 0.3) is 11.6 Å². The van der Waals surface area contributed by atoms with Crippen molar-refractivity contribution in [2.45, 2.75) is 38.4 Å². The monoisotopic (exact) mass is 309 g/mol. The molecular weight excluding hydrogens is 290 g/mol. The van der Waals surface area contributed by atoms with E-state index >= 15 is 0 Å². The first-order chi connectivity index (χ1) is 10.3. The molecule has 2 aromatic rings. The Morgan fingerprint density at radius 3 is 2.95 bits per heavy atom. The van der Waals surface area contributed by atoms with Crippen LogP contribution in [0.3, 0.4) is 0 Å². The number of hydrogen-bond acceptors (Lipinski definition) is 6. The zero-order chi connectivity index (χ0) is 15.1. The van der Waals surface area contributed by atoms with Crippen LogP contribution in [0, 0.1) is 0 Å². The maximum Gasteiger partial charge on any atom is 0.305 e. The lowest BCUT2D eigenvalue weighted by atomic mass is 10.3. The quantitative estimate of drug-likeness (QED) is 0.424. The summed E-state index contributed by atoms with van der Waals surface area (Å²) >= 11 is 1.59. The fourth-order valence-corrected chi connectivity index (χ4v) is 2.82. The highest BCUT2D eigenvalue weighted by atomic mass is 32.2. The van der Waals surface area contributed by atoms with Crippen molar-refractivity contribution in [3.8, 4) is 11.6 Å². The Kier molecular flexibility index (Phi) is 5.86. The minimum atomic E-state index is -0.147. The molecule has 0 atom stereocenters. The predicted octanol–water partition coefficient (Wildman–Crippen LogP) is 2.99. The second-order valence-electron chi connectivity index (χ2n) is 4.28. The molecule has 114 valence electrons. The highest BCUT2D eigenvalue weighted by Crippen LogP contribution is 2.24. The van der Waals surface area contributed by atoms with Gasteiger partial charge in [0.05, 0.1) is 12.9 Å². The van der Waals surface area contributed by atoms with Crippen molar-refractivity contribution in [2.24, 2.45) is 0 Å². The first-order valence-electron chi connectivity index (χ1n) is 7.01. The minimum Gasteiger partial charge on any atom is -0.466 e. The molecule has 0 aliphatic rings. The SMILES string of the molecule is CCOC(=O)CCCSc1nnc(-c2ccco2)n1CC. The highest BCUT2D eigenvalue weighted by molar-refractivity contribution is 7.99. The number of carbonyl (C=O) groups excluding carboxylic acids is 1. The minimum absolute atomic E-state index is 0.147. The number of aromatic nitrogens is 3. The van der Waals surface area contributed by atoms with Crippen LogP contribution in [-0.2, 0) is 16.1 Å². The second-order valence-corrected chi connectivity index (χ2v) is 5.35. The van der Waals surface area contributed by atoms with Crippen LogP contribution in [-0.4, -0.2) is 33.1 Å². The van der Waals surface area contributed by atoms with Gasteiger partial charge in [0.25, 0.3) is 0 Å². The molecule has 0 amide bonds. The van der Waals surface area contributed by atoms with E-state index in [1.54, 1.807) is 18.0 Å². The molecule has 0 aliphatic carbocycles. The normalized spacial score (nSPS) is 10.8. The van der Waals surface area contributed by atoms with E-state index in [0.29, 0.717) is 18.8 Å². The van der Waals surface area contributed by atoms with Gasteiger partial charge in [-0.25, -0.2) is 0 Å². The zero-order valence-corrected chi connectivity index (χ0v) is 13.1. The molecule has 0 radical (unpaired) electrons. The summed E-state index contributed by atoms with van der Waals surface area (Å²) in [6.45, 7) is 5.05. The third-order valence-electron chi connectivity index (χ3n) is 2.84. The Morgan fingerprint density at radius 2 is 2.29 bits per heavy atom. The number of nitrogens with zero attached hydrogens (tertiary/aromatic N) is 3. The summed E-state index contributed by atoms with van der Waals surface area (Å²) in [7, 11) is 0. The summed E-state index contributed by atoms with van der Waals surface area (Å²) in [4.78, 5) is 11.3. The number of hydrogen-bond donors (Lipinski definition) is 0. The highest BCUT2D eigenvalue weighted by Gasteiger charge is 2.14. The molecule has 0 fully saturated rings. The molecule has 6 nitrogen and oxygen atoms in total.